The van der Waals surface area contributed by atoms with E-state index in [0.29, 0.717) is 6.61 Å². The van der Waals surface area contributed by atoms with Gasteiger partial charge in [0.25, 0.3) is 0 Å². The fourth-order valence-corrected chi connectivity index (χ4v) is 3.98. The van der Waals surface area contributed by atoms with E-state index in [1.54, 1.807) is 0 Å². The molecule has 2 N–H and O–H groups in total. The van der Waals surface area contributed by atoms with E-state index in [2.05, 4.69) is 86.1 Å². The molecule has 0 fully saturated rings. The van der Waals surface area contributed by atoms with Gasteiger partial charge in [0.15, 0.2) is 6.29 Å². The first-order valence-electron chi connectivity index (χ1n) is 6.21. The van der Waals surface area contributed by atoms with Gasteiger partial charge in [-0.2, -0.15) is 0 Å². The van der Waals surface area contributed by atoms with Gasteiger partial charge in [0.05, 0.1) is 6.61 Å². The lowest BCUT2D eigenvalue weighted by Gasteiger charge is -2.15. The molecule has 0 aliphatic rings. The molecular weight excluding hydrogens is 583 g/mol. The number of rotatable bonds is 8. The van der Waals surface area contributed by atoms with Crippen molar-refractivity contribution in [1.82, 2.24) is 5.32 Å². The Bertz CT molecular complexity index is 402. The molecule has 3 nitrogen and oxygen atoms in total. The molecule has 1 rings (SSSR count). The van der Waals surface area contributed by atoms with Crippen LogP contribution >= 0.6 is 67.8 Å². The van der Waals surface area contributed by atoms with Crippen molar-refractivity contribution in [3.8, 4) is 0 Å². The van der Waals surface area contributed by atoms with E-state index in [-0.39, 0.29) is 0 Å². The summed E-state index contributed by atoms with van der Waals surface area (Å²) in [5.41, 5.74) is 0.852. The zero-order valence-electron chi connectivity index (χ0n) is 10.8. The molecule has 0 saturated heterocycles. The smallest absolute Gasteiger partial charge is 0.182 e. The highest BCUT2D eigenvalue weighted by Gasteiger charge is 2.14. The van der Waals surface area contributed by atoms with Crippen molar-refractivity contribution in [1.29, 1.82) is 0 Å². The normalized spacial score (nSPS) is 12.7. The average molecular weight is 601 g/mol. The summed E-state index contributed by atoms with van der Waals surface area (Å²) < 4.78 is 8.80. The minimum absolute atomic E-state index is 0.517. The molecule has 19 heavy (non-hydrogen) atoms. The topological polar surface area (TPSA) is 41.5 Å². The van der Waals surface area contributed by atoms with E-state index in [1.807, 2.05) is 6.07 Å². The van der Waals surface area contributed by atoms with Crippen LogP contribution in [0, 0.1) is 10.7 Å². The lowest BCUT2D eigenvalue weighted by molar-refractivity contribution is -0.102. The van der Waals surface area contributed by atoms with Crippen LogP contribution in [-0.2, 0) is 4.74 Å². The summed E-state index contributed by atoms with van der Waals surface area (Å²) in [5.74, 6) is 0. The molecule has 0 spiro atoms. The zero-order valence-corrected chi connectivity index (χ0v) is 17.2. The zero-order chi connectivity index (χ0) is 14.3. The largest absolute Gasteiger partial charge is 0.364 e. The molecule has 0 aliphatic heterocycles. The molecule has 0 saturated carbocycles. The Labute approximate surface area is 155 Å². The molecule has 0 aromatic heterocycles. The van der Waals surface area contributed by atoms with Crippen molar-refractivity contribution in [3.05, 3.63) is 28.4 Å². The number of unbranched alkanes of at least 4 members (excludes halogenated alkanes) is 1. The third-order valence-corrected chi connectivity index (χ3v) is 6.26. The van der Waals surface area contributed by atoms with Gasteiger partial charge in [-0.15, -0.1) is 0 Å². The molecule has 0 heterocycles. The molecule has 1 unspecified atom stereocenters. The van der Waals surface area contributed by atoms with Crippen molar-refractivity contribution in [2.45, 2.75) is 26.1 Å². The van der Waals surface area contributed by atoms with E-state index >= 15 is 0 Å². The van der Waals surface area contributed by atoms with Crippen molar-refractivity contribution in [2.24, 2.45) is 0 Å². The number of aliphatic hydroxyl groups is 1. The highest BCUT2D eigenvalue weighted by molar-refractivity contribution is 14.1. The number of hydrogen-bond donors (Lipinski definition) is 2. The number of benzene rings is 1. The van der Waals surface area contributed by atoms with Crippen LogP contribution in [0.15, 0.2) is 12.1 Å². The number of ether oxygens (including phenoxy) is 1. The number of hydrogen-bond acceptors (Lipinski definition) is 3. The lowest BCUT2D eigenvalue weighted by atomic mass is 10.2. The molecule has 1 atom stereocenters. The van der Waals surface area contributed by atoms with Crippen LogP contribution in [0.4, 0.5) is 0 Å². The second-order valence-electron chi connectivity index (χ2n) is 4.12. The lowest BCUT2D eigenvalue weighted by Crippen LogP contribution is -2.22. The Morgan fingerprint density at radius 3 is 2.68 bits per heavy atom. The Kier molecular flexibility index (Phi) is 9.74. The van der Waals surface area contributed by atoms with Gasteiger partial charge in [0, 0.05) is 22.8 Å². The van der Waals surface area contributed by atoms with Gasteiger partial charge in [0.2, 0.25) is 0 Å². The van der Waals surface area contributed by atoms with Crippen LogP contribution in [0.3, 0.4) is 0 Å². The van der Waals surface area contributed by atoms with Gasteiger partial charge < -0.3 is 15.2 Å². The van der Waals surface area contributed by atoms with Crippen LogP contribution in [0.1, 0.15) is 31.6 Å². The summed E-state index contributed by atoms with van der Waals surface area (Å²) >= 11 is 6.78. The number of aliphatic hydroxyl groups excluding tert-OH is 1. The Morgan fingerprint density at radius 1 is 1.26 bits per heavy atom. The third-order valence-electron chi connectivity index (χ3n) is 2.55. The van der Waals surface area contributed by atoms with E-state index < -0.39 is 6.29 Å². The first-order valence-corrected chi connectivity index (χ1v) is 9.44. The molecule has 0 bridgehead atoms. The fraction of sp³-hybridized carbons (Fsp3) is 0.538. The van der Waals surface area contributed by atoms with Crippen molar-refractivity contribution >= 4 is 67.8 Å². The van der Waals surface area contributed by atoms with Gasteiger partial charge in [-0.05, 0) is 92.9 Å². The minimum Gasteiger partial charge on any atom is -0.364 e. The second kappa shape index (κ2) is 10.1. The van der Waals surface area contributed by atoms with Gasteiger partial charge in [-0.25, -0.2) is 0 Å². The predicted molar refractivity (Wildman–Crippen MR) is 103 cm³/mol. The Hall–Kier alpha value is 1.29. The first kappa shape index (κ1) is 18.3. The Morgan fingerprint density at radius 2 is 2.00 bits per heavy atom. The number of nitrogens with one attached hydrogen (secondary N) is 1. The molecule has 1 aromatic rings. The number of halogens is 3. The highest BCUT2D eigenvalue weighted by atomic mass is 127. The molecule has 0 aliphatic carbocycles. The van der Waals surface area contributed by atoms with Crippen LogP contribution in [-0.4, -0.2) is 24.8 Å². The van der Waals surface area contributed by atoms with Crippen molar-refractivity contribution in [2.75, 3.05) is 19.7 Å². The monoisotopic (exact) mass is 601 g/mol. The quantitative estimate of drug-likeness (QED) is 0.206. The van der Waals surface area contributed by atoms with Gasteiger partial charge in [-0.3, -0.25) is 0 Å². The molecule has 0 amide bonds. The van der Waals surface area contributed by atoms with Crippen molar-refractivity contribution < 1.29 is 9.84 Å². The van der Waals surface area contributed by atoms with Crippen LogP contribution in [0.2, 0.25) is 0 Å². The van der Waals surface area contributed by atoms with Crippen molar-refractivity contribution in [3.63, 3.8) is 0 Å². The summed E-state index contributed by atoms with van der Waals surface area (Å²) in [7, 11) is 0. The van der Waals surface area contributed by atoms with Gasteiger partial charge in [0.1, 0.15) is 0 Å². The van der Waals surface area contributed by atoms with E-state index in [0.717, 1.165) is 29.4 Å². The van der Waals surface area contributed by atoms with E-state index in [4.69, 9.17) is 4.74 Å². The maximum atomic E-state index is 10.1. The standard InChI is InChI=1S/C13H18I3NO2/c1-2-3-4-17-5-6-19-13(18)10-7-9(14)8-11(15)12(10)16/h7-8,13,17-18H,2-6H2,1H3. The minimum atomic E-state index is -0.844. The molecule has 1 aromatic carbocycles. The SMILES string of the molecule is CCCCNCCOC(O)c1cc(I)cc(I)c1I. The molecule has 0 radical (unpaired) electrons. The third kappa shape index (κ3) is 6.72. The van der Waals surface area contributed by atoms with Gasteiger partial charge >= 0.3 is 0 Å². The van der Waals surface area contributed by atoms with E-state index in [9.17, 15) is 5.11 Å². The van der Waals surface area contributed by atoms with Gasteiger partial charge in [-0.1, -0.05) is 13.3 Å². The molecule has 108 valence electrons. The van der Waals surface area contributed by atoms with E-state index in [1.165, 1.54) is 12.8 Å². The average Bonchev–Trinajstić information content (AvgIpc) is 2.37. The second-order valence-corrected chi connectivity index (χ2v) is 7.60. The molecule has 6 heteroatoms. The Balaban J connectivity index is 2.43. The van der Waals surface area contributed by atoms with Crippen LogP contribution in [0.5, 0.6) is 0 Å². The van der Waals surface area contributed by atoms with Crippen LogP contribution in [0.25, 0.3) is 0 Å². The highest BCUT2D eigenvalue weighted by Crippen LogP contribution is 2.27. The summed E-state index contributed by atoms with van der Waals surface area (Å²) in [6, 6.07) is 4.06. The fourth-order valence-electron chi connectivity index (χ4n) is 1.51. The summed E-state index contributed by atoms with van der Waals surface area (Å²) in [6.07, 6.45) is 1.52. The first-order chi connectivity index (χ1) is 9.06. The summed E-state index contributed by atoms with van der Waals surface area (Å²) in [4.78, 5) is 0. The maximum Gasteiger partial charge on any atom is 0.182 e. The maximum absolute atomic E-state index is 10.1. The predicted octanol–water partition coefficient (Wildman–Crippen LogP) is 3.90. The summed E-state index contributed by atoms with van der Waals surface area (Å²) in [5, 5.41) is 13.4. The van der Waals surface area contributed by atoms with Crippen LogP contribution < -0.4 is 5.32 Å². The molecular formula is C13H18I3NO2. The summed E-state index contributed by atoms with van der Waals surface area (Å²) in [6.45, 7) is 4.47.